The van der Waals surface area contributed by atoms with Crippen LogP contribution in [0, 0.1) is 6.92 Å². The molecular formula is C21H21N4O2S+. The molecule has 7 heteroatoms. The van der Waals surface area contributed by atoms with Crippen molar-refractivity contribution in [3.05, 3.63) is 70.0 Å². The Labute approximate surface area is 167 Å². The number of rotatable bonds is 3. The number of fused-ring (bicyclic) bond motifs is 3. The molecule has 4 rings (SSSR count). The molecule has 0 saturated heterocycles. The highest BCUT2D eigenvalue weighted by Crippen LogP contribution is 2.37. The van der Waals surface area contributed by atoms with Gasteiger partial charge in [-0.15, -0.1) is 0 Å². The van der Waals surface area contributed by atoms with Gasteiger partial charge in [0.1, 0.15) is 0 Å². The highest BCUT2D eigenvalue weighted by Gasteiger charge is 2.44. The number of amides is 1. The number of nitrogens with one attached hydrogen (secondary N) is 1. The van der Waals surface area contributed by atoms with Crippen LogP contribution in [0.3, 0.4) is 0 Å². The lowest BCUT2D eigenvalue weighted by Crippen LogP contribution is -2.60. The Hall–Kier alpha value is -2.93. The van der Waals surface area contributed by atoms with E-state index in [-0.39, 0.29) is 11.5 Å². The molecule has 1 aliphatic rings. The first-order chi connectivity index (χ1) is 13.5. The largest absolute Gasteiger partial charge is 0.325 e. The second-order valence-corrected chi connectivity index (χ2v) is 7.93. The van der Waals surface area contributed by atoms with Gasteiger partial charge in [-0.2, -0.15) is 0 Å². The van der Waals surface area contributed by atoms with Crippen molar-refractivity contribution < 1.29 is 9.48 Å². The van der Waals surface area contributed by atoms with Crippen molar-refractivity contribution in [2.75, 3.05) is 10.7 Å². The molecule has 0 bridgehead atoms. The molecule has 0 fully saturated rings. The van der Waals surface area contributed by atoms with Crippen LogP contribution in [-0.2, 0) is 4.79 Å². The fraction of sp³-hybridized carbons (Fsp3) is 0.238. The first-order valence-corrected chi connectivity index (χ1v) is 10.1. The van der Waals surface area contributed by atoms with Crippen molar-refractivity contribution in [2.24, 2.45) is 0 Å². The third kappa shape index (κ3) is 3.01. The van der Waals surface area contributed by atoms with Crippen LogP contribution in [0.2, 0.25) is 0 Å². The van der Waals surface area contributed by atoms with Gasteiger partial charge < -0.3 is 0 Å². The van der Waals surface area contributed by atoms with E-state index in [4.69, 9.17) is 5.10 Å². The summed E-state index contributed by atoms with van der Waals surface area (Å²) in [6.07, 6.45) is -0.526. The topological polar surface area (TPSA) is 69.9 Å². The van der Waals surface area contributed by atoms with Crippen LogP contribution in [0.25, 0.3) is 11.3 Å². The molecule has 6 nitrogen and oxygen atoms in total. The number of thioether (sulfide) groups is 1. The van der Waals surface area contributed by atoms with Gasteiger partial charge in [-0.3, -0.25) is 14.6 Å². The molecule has 0 aliphatic carbocycles. The molecule has 0 spiro atoms. The van der Waals surface area contributed by atoms with E-state index in [1.54, 1.807) is 16.5 Å². The van der Waals surface area contributed by atoms with E-state index in [0.29, 0.717) is 22.1 Å². The lowest BCUT2D eigenvalue weighted by Gasteiger charge is -2.31. The van der Waals surface area contributed by atoms with E-state index < -0.39 is 6.17 Å². The summed E-state index contributed by atoms with van der Waals surface area (Å²) in [6, 6.07) is 15.4. The predicted molar refractivity (Wildman–Crippen MR) is 109 cm³/mol. The number of para-hydroxylation sites is 1. The molecule has 1 amide bonds. The summed E-state index contributed by atoms with van der Waals surface area (Å²) in [5.74, 6) is 0.674. The Morgan fingerprint density at radius 3 is 2.61 bits per heavy atom. The van der Waals surface area contributed by atoms with E-state index in [1.165, 1.54) is 11.8 Å². The number of benzene rings is 2. The maximum absolute atomic E-state index is 13.0. The Morgan fingerprint density at radius 2 is 1.93 bits per heavy atom. The normalized spacial score (nSPS) is 15.1. The van der Waals surface area contributed by atoms with Gasteiger partial charge in [-0.25, -0.2) is 4.90 Å². The number of anilines is 1. The maximum atomic E-state index is 13.0. The number of aryl methyl sites for hydroxylation is 1. The Bertz CT molecular complexity index is 1110. The average Bonchev–Trinajstić information content (AvgIpc) is 2.67. The van der Waals surface area contributed by atoms with Gasteiger partial charge >= 0.3 is 11.3 Å². The van der Waals surface area contributed by atoms with Crippen molar-refractivity contribution in [3.8, 4) is 11.3 Å². The quantitative estimate of drug-likeness (QED) is 0.548. The van der Waals surface area contributed by atoms with E-state index in [0.717, 1.165) is 16.9 Å². The first kappa shape index (κ1) is 18.4. The summed E-state index contributed by atoms with van der Waals surface area (Å²) in [4.78, 5) is 30.3. The van der Waals surface area contributed by atoms with Crippen LogP contribution in [0.5, 0.6) is 0 Å². The van der Waals surface area contributed by atoms with E-state index >= 15 is 0 Å². The number of H-pyrrole nitrogens is 1. The van der Waals surface area contributed by atoms with Crippen molar-refractivity contribution in [3.63, 3.8) is 0 Å². The lowest BCUT2D eigenvalue weighted by atomic mass is 10.0. The number of aromatic amines is 1. The SMILES string of the molecule is CCSc1n[n+]2c(c(=O)[nH]1)-c1ccccc1N(C(C)=O)[C@H]2c1ccc(C)cc1. The zero-order valence-corrected chi connectivity index (χ0v) is 16.8. The van der Waals surface area contributed by atoms with Crippen molar-refractivity contribution in [1.29, 1.82) is 0 Å². The monoisotopic (exact) mass is 393 g/mol. The molecule has 3 aromatic rings. The molecule has 1 atom stereocenters. The zero-order valence-electron chi connectivity index (χ0n) is 16.0. The number of hydrogen-bond donors (Lipinski definition) is 1. The molecule has 2 heterocycles. The third-order valence-electron chi connectivity index (χ3n) is 4.75. The fourth-order valence-electron chi connectivity index (χ4n) is 3.55. The van der Waals surface area contributed by atoms with Crippen LogP contribution >= 0.6 is 11.8 Å². The van der Waals surface area contributed by atoms with Crippen LogP contribution in [0.15, 0.2) is 58.5 Å². The predicted octanol–water partition coefficient (Wildman–Crippen LogP) is 3.06. The molecule has 1 aromatic heterocycles. The average molecular weight is 393 g/mol. The van der Waals surface area contributed by atoms with E-state index in [9.17, 15) is 9.59 Å². The van der Waals surface area contributed by atoms with Crippen molar-refractivity contribution >= 4 is 23.4 Å². The Balaban J connectivity index is 2.06. The van der Waals surface area contributed by atoms with E-state index in [1.807, 2.05) is 62.4 Å². The molecular weight excluding hydrogens is 372 g/mol. The van der Waals surface area contributed by atoms with Crippen LogP contribution in [0.4, 0.5) is 5.69 Å². The highest BCUT2D eigenvalue weighted by molar-refractivity contribution is 7.99. The minimum atomic E-state index is -0.526. The minimum absolute atomic E-state index is 0.108. The molecule has 1 N–H and O–H groups in total. The number of carbonyl (C=O) groups excluding carboxylic acids is 1. The third-order valence-corrected chi connectivity index (χ3v) is 5.50. The Kier molecular flexibility index (Phi) is 4.77. The standard InChI is InChI=1S/C21H20N4O2S/c1-4-28-21-22-19(27)18-16-7-5-6-8-17(16)24(14(3)26)20(25(18)23-21)15-11-9-13(2)10-12-15/h5-12,20H,4H2,1-3H3/p+1/t20-/m1/s1. The van der Waals surface area contributed by atoms with Crippen molar-refractivity contribution in [2.45, 2.75) is 32.1 Å². The van der Waals surface area contributed by atoms with Gasteiger partial charge in [0.05, 0.1) is 11.3 Å². The molecule has 2 aromatic carbocycles. The van der Waals surface area contributed by atoms with Gasteiger partial charge in [-0.05, 0) is 41.6 Å². The maximum Gasteiger partial charge on any atom is 0.325 e. The van der Waals surface area contributed by atoms with Crippen molar-refractivity contribution in [1.82, 2.24) is 10.1 Å². The zero-order chi connectivity index (χ0) is 19.8. The molecule has 142 valence electrons. The summed E-state index contributed by atoms with van der Waals surface area (Å²) < 4.78 is 1.69. The van der Waals surface area contributed by atoms with Gasteiger partial charge in [0.15, 0.2) is 0 Å². The smallest absolute Gasteiger partial charge is 0.291 e. The molecule has 0 unspecified atom stereocenters. The number of nitrogens with zero attached hydrogens (tertiary/aromatic N) is 3. The molecule has 0 saturated carbocycles. The summed E-state index contributed by atoms with van der Waals surface area (Å²) in [6.45, 7) is 5.56. The number of hydrogen-bond acceptors (Lipinski definition) is 4. The molecule has 0 radical (unpaired) electrons. The summed E-state index contributed by atoms with van der Waals surface area (Å²) >= 11 is 1.46. The van der Waals surface area contributed by atoms with Gasteiger partial charge in [-0.1, -0.05) is 48.5 Å². The van der Waals surface area contributed by atoms with Crippen LogP contribution < -0.4 is 15.1 Å². The summed E-state index contributed by atoms with van der Waals surface area (Å²) in [5, 5.41) is 5.24. The number of aromatic nitrogens is 3. The van der Waals surface area contributed by atoms with Crippen LogP contribution in [0.1, 0.15) is 31.1 Å². The fourth-order valence-corrected chi connectivity index (χ4v) is 4.14. The van der Waals surface area contributed by atoms with E-state index in [2.05, 4.69) is 4.98 Å². The van der Waals surface area contributed by atoms with Crippen LogP contribution in [-0.4, -0.2) is 21.7 Å². The second-order valence-electron chi connectivity index (χ2n) is 6.68. The molecule has 28 heavy (non-hydrogen) atoms. The highest BCUT2D eigenvalue weighted by atomic mass is 32.2. The van der Waals surface area contributed by atoms with Gasteiger partial charge in [0, 0.05) is 17.6 Å². The summed E-state index contributed by atoms with van der Waals surface area (Å²) in [7, 11) is 0. The number of carbonyl (C=O) groups is 1. The molecule has 1 aliphatic heterocycles. The summed E-state index contributed by atoms with van der Waals surface area (Å²) in [5.41, 5.74) is 3.68. The second kappa shape index (κ2) is 7.24. The lowest BCUT2D eigenvalue weighted by molar-refractivity contribution is -0.763. The Morgan fingerprint density at radius 1 is 1.21 bits per heavy atom. The van der Waals surface area contributed by atoms with Gasteiger partial charge in [0.25, 0.3) is 6.17 Å². The van der Waals surface area contributed by atoms with Gasteiger partial charge in [0.2, 0.25) is 11.1 Å². The minimum Gasteiger partial charge on any atom is -0.291 e. The first-order valence-electron chi connectivity index (χ1n) is 9.16.